The molecule has 0 aromatic heterocycles. The van der Waals surface area contributed by atoms with E-state index in [0.29, 0.717) is 0 Å². The predicted octanol–water partition coefficient (Wildman–Crippen LogP) is 6.57. The third-order valence-corrected chi connectivity index (χ3v) is 4.60. The number of fused-ring (bicyclic) bond motifs is 3. The summed E-state index contributed by atoms with van der Waals surface area (Å²) < 4.78 is 0. The van der Waals surface area contributed by atoms with E-state index in [0.717, 1.165) is 30.4 Å². The molecule has 0 nitrogen and oxygen atoms in total. The number of unbranched alkanes of at least 4 members (excludes halogenated alkanes) is 2. The minimum Gasteiger partial charge on any atom is -0.0979 e. The van der Waals surface area contributed by atoms with Gasteiger partial charge < -0.3 is 0 Å². The fourth-order valence-corrected chi connectivity index (χ4v) is 3.27. The summed E-state index contributed by atoms with van der Waals surface area (Å²) in [6.07, 6.45) is 2.74. The molecule has 0 aliphatic carbocycles. The minimum absolute atomic E-state index is 0.866. The van der Waals surface area contributed by atoms with Gasteiger partial charge in [-0.3, -0.25) is 0 Å². The summed E-state index contributed by atoms with van der Waals surface area (Å²) in [6, 6.07) is 29.4. The third-order valence-electron chi connectivity index (χ3n) is 4.60. The zero-order valence-corrected chi connectivity index (χ0v) is 15.2. The van der Waals surface area contributed by atoms with Gasteiger partial charge in [-0.1, -0.05) is 90.4 Å². The van der Waals surface area contributed by atoms with Gasteiger partial charge in [-0.05, 0) is 46.2 Å². The molecule has 0 radical (unpaired) electrons. The number of rotatable bonds is 2. The Balaban J connectivity index is 1.48. The van der Waals surface area contributed by atoms with Crippen LogP contribution in [0.15, 0.2) is 84.9 Å². The minimum atomic E-state index is 0.866. The molecule has 0 aliphatic rings. The van der Waals surface area contributed by atoms with E-state index in [1.54, 1.807) is 0 Å². The molecule has 0 bridgehead atoms. The zero-order chi connectivity index (χ0) is 18.3. The molecule has 27 heavy (non-hydrogen) atoms. The van der Waals surface area contributed by atoms with Crippen LogP contribution in [0.5, 0.6) is 0 Å². The molecule has 128 valence electrons. The van der Waals surface area contributed by atoms with Gasteiger partial charge in [0, 0.05) is 24.0 Å². The predicted molar refractivity (Wildman–Crippen MR) is 116 cm³/mol. The highest BCUT2D eigenvalue weighted by molar-refractivity contribution is 6.09. The third kappa shape index (κ3) is 4.03. The van der Waals surface area contributed by atoms with Crippen LogP contribution in [0, 0.1) is 23.7 Å². The lowest BCUT2D eigenvalue weighted by atomic mass is 9.97. The first-order valence-corrected chi connectivity index (χ1v) is 9.35. The maximum absolute atomic E-state index is 3.39. The Hall–Kier alpha value is -3.48. The smallest absolute Gasteiger partial charge is 0.0330 e. The molecule has 4 aromatic rings. The highest BCUT2D eigenvalue weighted by Gasteiger charge is 2.03. The zero-order valence-electron chi connectivity index (χ0n) is 15.2. The van der Waals surface area contributed by atoms with Crippen LogP contribution >= 0.6 is 0 Å². The molecule has 0 fully saturated rings. The molecular weight excluding hydrogens is 324 g/mol. The van der Waals surface area contributed by atoms with Crippen LogP contribution in [-0.4, -0.2) is 0 Å². The average Bonchev–Trinajstić information content (AvgIpc) is 2.74. The van der Waals surface area contributed by atoms with Gasteiger partial charge in [0.15, 0.2) is 0 Å². The van der Waals surface area contributed by atoms with Crippen molar-refractivity contribution in [1.29, 1.82) is 0 Å². The first kappa shape index (κ1) is 17.0. The van der Waals surface area contributed by atoms with Gasteiger partial charge in [0.2, 0.25) is 0 Å². The van der Waals surface area contributed by atoms with Crippen molar-refractivity contribution in [2.24, 2.45) is 0 Å². The van der Waals surface area contributed by atoms with Crippen molar-refractivity contribution in [2.75, 3.05) is 0 Å². The summed E-state index contributed by atoms with van der Waals surface area (Å²) in [4.78, 5) is 0. The van der Waals surface area contributed by atoms with Gasteiger partial charge in [-0.2, -0.15) is 0 Å². The van der Waals surface area contributed by atoms with Crippen LogP contribution in [0.2, 0.25) is 0 Å². The highest BCUT2D eigenvalue weighted by atomic mass is 14.1. The lowest BCUT2D eigenvalue weighted by molar-refractivity contribution is 0.903. The lowest BCUT2D eigenvalue weighted by Crippen LogP contribution is -1.83. The van der Waals surface area contributed by atoms with Crippen LogP contribution in [0.1, 0.15) is 30.4 Å². The van der Waals surface area contributed by atoms with Crippen molar-refractivity contribution in [1.82, 2.24) is 0 Å². The largest absolute Gasteiger partial charge is 0.0979 e. The van der Waals surface area contributed by atoms with Gasteiger partial charge in [0.1, 0.15) is 0 Å². The van der Waals surface area contributed by atoms with E-state index in [-0.39, 0.29) is 0 Å². The van der Waals surface area contributed by atoms with E-state index >= 15 is 0 Å². The quantitative estimate of drug-likeness (QED) is 0.219. The van der Waals surface area contributed by atoms with E-state index in [9.17, 15) is 0 Å². The second-order valence-electron chi connectivity index (χ2n) is 6.51. The molecule has 0 aliphatic heterocycles. The molecule has 0 saturated carbocycles. The SMILES string of the molecule is C(#Cc1ccccc1)CCCC#Cc1cc2ccccc2c2ccccc12. The van der Waals surface area contributed by atoms with Crippen LogP contribution < -0.4 is 0 Å². The summed E-state index contributed by atoms with van der Waals surface area (Å²) in [5.41, 5.74) is 2.19. The molecule has 0 N–H and O–H groups in total. The normalized spacial score (nSPS) is 10.1. The highest BCUT2D eigenvalue weighted by Crippen LogP contribution is 2.28. The van der Waals surface area contributed by atoms with Crippen LogP contribution in [0.25, 0.3) is 21.5 Å². The summed E-state index contributed by atoms with van der Waals surface area (Å²) in [5, 5.41) is 5.03. The van der Waals surface area contributed by atoms with Crippen LogP contribution in [-0.2, 0) is 0 Å². The molecule has 4 aromatic carbocycles. The van der Waals surface area contributed by atoms with Crippen molar-refractivity contribution >= 4 is 21.5 Å². The molecule has 0 unspecified atom stereocenters. The maximum Gasteiger partial charge on any atom is 0.0330 e. The van der Waals surface area contributed by atoms with E-state index in [1.165, 1.54) is 21.5 Å². The molecule has 0 saturated heterocycles. The van der Waals surface area contributed by atoms with E-state index in [1.807, 2.05) is 30.3 Å². The number of benzene rings is 4. The second-order valence-corrected chi connectivity index (χ2v) is 6.51. The Morgan fingerprint density at radius 3 is 2.00 bits per heavy atom. The van der Waals surface area contributed by atoms with Crippen molar-refractivity contribution in [3.63, 3.8) is 0 Å². The molecule has 0 atom stereocenters. The Bertz CT molecular complexity index is 1190. The Morgan fingerprint density at radius 2 is 1.19 bits per heavy atom. The molecule has 0 spiro atoms. The Morgan fingerprint density at radius 1 is 0.556 bits per heavy atom. The van der Waals surface area contributed by atoms with Gasteiger partial charge in [0.25, 0.3) is 0 Å². The van der Waals surface area contributed by atoms with Crippen molar-refractivity contribution in [3.8, 4) is 23.7 Å². The summed E-state index contributed by atoms with van der Waals surface area (Å²) in [7, 11) is 0. The van der Waals surface area contributed by atoms with Gasteiger partial charge in [-0.25, -0.2) is 0 Å². The van der Waals surface area contributed by atoms with Crippen molar-refractivity contribution in [2.45, 2.75) is 19.3 Å². The summed E-state index contributed by atoms with van der Waals surface area (Å²) in [6.45, 7) is 0. The number of hydrogen-bond acceptors (Lipinski definition) is 0. The van der Waals surface area contributed by atoms with Crippen molar-refractivity contribution < 1.29 is 0 Å². The van der Waals surface area contributed by atoms with Gasteiger partial charge in [0.05, 0.1) is 0 Å². The first-order chi connectivity index (χ1) is 13.4. The molecule has 0 heterocycles. The van der Waals surface area contributed by atoms with Gasteiger partial charge in [-0.15, -0.1) is 0 Å². The molecule has 0 amide bonds. The second kappa shape index (κ2) is 8.27. The Labute approximate surface area is 160 Å². The monoisotopic (exact) mass is 344 g/mol. The topological polar surface area (TPSA) is 0 Å². The van der Waals surface area contributed by atoms with Crippen LogP contribution in [0.3, 0.4) is 0 Å². The Kier molecular flexibility index (Phi) is 5.19. The van der Waals surface area contributed by atoms with E-state index < -0.39 is 0 Å². The van der Waals surface area contributed by atoms with E-state index in [2.05, 4.69) is 78.3 Å². The van der Waals surface area contributed by atoms with E-state index in [4.69, 9.17) is 0 Å². The standard InChI is InChI=1S/C27H20/c1(2-5-13-22-14-6-4-7-15-22)3-8-16-23-21-24-17-9-10-18-25(24)27-20-12-11-19-26(23)27/h4,6-7,9-12,14-15,17-21H,1-3H2. The summed E-state index contributed by atoms with van der Waals surface area (Å²) >= 11 is 0. The molecular formula is C27H20. The maximum atomic E-state index is 3.39. The fourth-order valence-electron chi connectivity index (χ4n) is 3.27. The van der Waals surface area contributed by atoms with Crippen LogP contribution in [0.4, 0.5) is 0 Å². The summed E-state index contributed by atoms with van der Waals surface area (Å²) in [5.74, 6) is 13.2. The first-order valence-electron chi connectivity index (χ1n) is 9.35. The molecule has 4 rings (SSSR count). The lowest BCUT2D eigenvalue weighted by Gasteiger charge is -2.06. The number of hydrogen-bond donors (Lipinski definition) is 0. The molecule has 0 heteroatoms. The fraction of sp³-hybridized carbons (Fsp3) is 0.111. The van der Waals surface area contributed by atoms with Gasteiger partial charge >= 0.3 is 0 Å². The average molecular weight is 344 g/mol. The van der Waals surface area contributed by atoms with Crippen molar-refractivity contribution in [3.05, 3.63) is 96.1 Å².